The zero-order valence-electron chi connectivity index (χ0n) is 16.6. The molecule has 0 saturated carbocycles. The number of amides is 3. The molecule has 0 aliphatic rings. The highest BCUT2D eigenvalue weighted by Gasteiger charge is 2.22. The van der Waals surface area contributed by atoms with Gasteiger partial charge in [-0.15, -0.1) is 11.3 Å². The lowest BCUT2D eigenvalue weighted by atomic mass is 10.1. The van der Waals surface area contributed by atoms with Crippen LogP contribution in [0.2, 0.25) is 0 Å². The lowest BCUT2D eigenvalue weighted by Crippen LogP contribution is -2.41. The summed E-state index contributed by atoms with van der Waals surface area (Å²) in [4.78, 5) is 43.1. The maximum atomic E-state index is 13.2. The summed E-state index contributed by atoms with van der Waals surface area (Å²) in [5, 5.41) is 5.08. The topological polar surface area (TPSA) is 93.1 Å². The molecule has 0 bridgehead atoms. The van der Waals surface area contributed by atoms with Crippen LogP contribution in [0.25, 0.3) is 20.7 Å². The first-order valence-electron chi connectivity index (χ1n) is 9.15. The molecule has 3 rings (SSSR count). The Morgan fingerprint density at radius 2 is 1.97 bits per heavy atom. The molecule has 29 heavy (non-hydrogen) atoms. The van der Waals surface area contributed by atoms with Crippen molar-refractivity contribution in [2.24, 2.45) is 0 Å². The van der Waals surface area contributed by atoms with E-state index < -0.39 is 17.2 Å². The van der Waals surface area contributed by atoms with Gasteiger partial charge in [0, 0.05) is 18.5 Å². The number of hydrogen-bond donors (Lipinski definition) is 2. The average molecular weight is 431 g/mol. The molecule has 0 spiro atoms. The molecular formula is C20H22N4O3S2. The molecule has 0 fully saturated rings. The number of rotatable bonds is 5. The molecule has 0 aliphatic heterocycles. The van der Waals surface area contributed by atoms with Gasteiger partial charge in [0.05, 0.1) is 10.6 Å². The molecule has 9 heteroatoms. The van der Waals surface area contributed by atoms with Crippen molar-refractivity contribution in [3.63, 3.8) is 0 Å². The van der Waals surface area contributed by atoms with Gasteiger partial charge in [-0.2, -0.15) is 0 Å². The molecule has 3 aromatic rings. The highest BCUT2D eigenvalue weighted by Crippen LogP contribution is 2.36. The fourth-order valence-electron chi connectivity index (χ4n) is 2.92. The number of carbonyl (C=O) groups is 2. The molecule has 1 atom stereocenters. The first kappa shape index (κ1) is 21.1. The van der Waals surface area contributed by atoms with Crippen LogP contribution < -0.4 is 16.2 Å². The third-order valence-electron chi connectivity index (χ3n) is 4.48. The van der Waals surface area contributed by atoms with Crippen LogP contribution in [0, 0.1) is 6.92 Å². The van der Waals surface area contributed by atoms with E-state index in [-0.39, 0.29) is 5.56 Å². The number of thiophene rings is 1. The van der Waals surface area contributed by atoms with Crippen LogP contribution in [0.5, 0.6) is 0 Å². The number of fused-ring (bicyclic) bond motifs is 1. The molecule has 1 aromatic carbocycles. The molecule has 3 amide bonds. The van der Waals surface area contributed by atoms with Gasteiger partial charge in [-0.1, -0.05) is 42.1 Å². The first-order valence-corrected chi connectivity index (χ1v) is 10.9. The number of carbonyl (C=O) groups excluding carboxylic acids is 2. The predicted octanol–water partition coefficient (Wildman–Crippen LogP) is 3.39. The van der Waals surface area contributed by atoms with Gasteiger partial charge in [-0.3, -0.25) is 19.5 Å². The maximum absolute atomic E-state index is 13.2. The number of nitrogens with zero attached hydrogens (tertiary/aromatic N) is 2. The monoisotopic (exact) mass is 430 g/mol. The number of hydrogen-bond acceptors (Lipinski definition) is 6. The van der Waals surface area contributed by atoms with E-state index in [1.165, 1.54) is 18.4 Å². The first-order chi connectivity index (χ1) is 13.9. The van der Waals surface area contributed by atoms with Gasteiger partial charge in [0.25, 0.3) is 5.56 Å². The molecule has 0 aliphatic carbocycles. The highest BCUT2D eigenvalue weighted by atomic mass is 32.2. The van der Waals surface area contributed by atoms with E-state index in [0.29, 0.717) is 21.9 Å². The van der Waals surface area contributed by atoms with Crippen molar-refractivity contribution in [2.45, 2.75) is 37.7 Å². The zero-order chi connectivity index (χ0) is 21.1. The van der Waals surface area contributed by atoms with Crippen LogP contribution in [-0.4, -0.2) is 33.8 Å². The zero-order valence-corrected chi connectivity index (χ0v) is 18.2. The standard InChI is InChI=1S/C20H22N4O3S2/c1-5-24-18(26)14-11(2)15(13-9-7-6-8-10-13)29-17(14)23-20(24)28-12(3)16(25)22-19(27)21-4/h6-10,12H,5H2,1-4H3,(H2,21,22,25,27). The van der Waals surface area contributed by atoms with Crippen molar-refractivity contribution in [1.82, 2.24) is 20.2 Å². The second-order valence-corrected chi connectivity index (χ2v) is 8.68. The molecule has 1 unspecified atom stereocenters. The van der Waals surface area contributed by atoms with Gasteiger partial charge >= 0.3 is 6.03 Å². The van der Waals surface area contributed by atoms with Gasteiger partial charge in [0.1, 0.15) is 4.83 Å². The Morgan fingerprint density at radius 3 is 2.59 bits per heavy atom. The van der Waals surface area contributed by atoms with E-state index in [2.05, 4.69) is 10.6 Å². The summed E-state index contributed by atoms with van der Waals surface area (Å²) in [7, 11) is 1.44. The molecule has 152 valence electrons. The van der Waals surface area contributed by atoms with Crippen LogP contribution in [0.4, 0.5) is 4.79 Å². The number of aromatic nitrogens is 2. The Morgan fingerprint density at radius 1 is 1.28 bits per heavy atom. The Balaban J connectivity index is 2.04. The van der Waals surface area contributed by atoms with Crippen LogP contribution >= 0.6 is 23.1 Å². The minimum Gasteiger partial charge on any atom is -0.341 e. The van der Waals surface area contributed by atoms with Crippen molar-refractivity contribution >= 4 is 45.3 Å². The number of thioether (sulfide) groups is 1. The third kappa shape index (κ3) is 4.20. The number of aryl methyl sites for hydroxylation is 1. The smallest absolute Gasteiger partial charge is 0.321 e. The quantitative estimate of drug-likeness (QED) is 0.478. The Kier molecular flexibility index (Phi) is 6.39. The van der Waals surface area contributed by atoms with E-state index in [1.807, 2.05) is 44.2 Å². The molecule has 2 heterocycles. The van der Waals surface area contributed by atoms with Crippen molar-refractivity contribution in [2.75, 3.05) is 7.05 Å². The van der Waals surface area contributed by atoms with Crippen molar-refractivity contribution in [1.29, 1.82) is 0 Å². The molecule has 0 saturated heterocycles. The van der Waals surface area contributed by atoms with Crippen molar-refractivity contribution < 1.29 is 9.59 Å². The van der Waals surface area contributed by atoms with E-state index in [0.717, 1.165) is 27.8 Å². The van der Waals surface area contributed by atoms with E-state index in [4.69, 9.17) is 4.98 Å². The number of urea groups is 1. The second kappa shape index (κ2) is 8.79. The Labute approximate surface area is 176 Å². The average Bonchev–Trinajstić information content (AvgIpc) is 3.05. The second-order valence-electron chi connectivity index (χ2n) is 6.37. The summed E-state index contributed by atoms with van der Waals surface area (Å²) in [6.45, 7) is 5.92. The Bertz CT molecular complexity index is 1120. The van der Waals surface area contributed by atoms with E-state index in [9.17, 15) is 14.4 Å². The third-order valence-corrected chi connectivity index (χ3v) is 6.81. The van der Waals surface area contributed by atoms with Gasteiger partial charge in [0.15, 0.2) is 5.16 Å². The largest absolute Gasteiger partial charge is 0.341 e. The molecule has 7 nitrogen and oxygen atoms in total. The minimum atomic E-state index is -0.593. The SMILES string of the molecule is CCn1c(SC(C)C(=O)NC(=O)NC)nc2sc(-c3ccccc3)c(C)c2c1=O. The predicted molar refractivity (Wildman–Crippen MR) is 118 cm³/mol. The van der Waals surface area contributed by atoms with Crippen LogP contribution in [0.3, 0.4) is 0 Å². The minimum absolute atomic E-state index is 0.116. The van der Waals surface area contributed by atoms with E-state index in [1.54, 1.807) is 11.5 Å². The molecular weight excluding hydrogens is 408 g/mol. The lowest BCUT2D eigenvalue weighted by molar-refractivity contribution is -0.119. The highest BCUT2D eigenvalue weighted by molar-refractivity contribution is 8.00. The van der Waals surface area contributed by atoms with Gasteiger partial charge in [-0.05, 0) is 31.9 Å². The molecule has 2 N–H and O–H groups in total. The number of benzene rings is 1. The van der Waals surface area contributed by atoms with Crippen molar-refractivity contribution in [3.05, 3.63) is 46.2 Å². The fraction of sp³-hybridized carbons (Fsp3) is 0.300. The lowest BCUT2D eigenvalue weighted by Gasteiger charge is -2.14. The van der Waals surface area contributed by atoms with Gasteiger partial charge < -0.3 is 5.32 Å². The molecule has 0 radical (unpaired) electrons. The Hall–Kier alpha value is -2.65. The van der Waals surface area contributed by atoms with Crippen LogP contribution in [0.15, 0.2) is 40.3 Å². The fourth-order valence-corrected chi connectivity index (χ4v) is 5.12. The van der Waals surface area contributed by atoms with Gasteiger partial charge in [0.2, 0.25) is 5.91 Å². The molecule has 2 aromatic heterocycles. The summed E-state index contributed by atoms with van der Waals surface area (Å²) in [6.07, 6.45) is 0. The maximum Gasteiger partial charge on any atom is 0.321 e. The summed E-state index contributed by atoms with van der Waals surface area (Å²) in [5.74, 6) is -0.446. The summed E-state index contributed by atoms with van der Waals surface area (Å²) in [5.41, 5.74) is 1.84. The summed E-state index contributed by atoms with van der Waals surface area (Å²) < 4.78 is 1.57. The summed E-state index contributed by atoms with van der Waals surface area (Å²) in [6, 6.07) is 9.33. The number of imide groups is 1. The van der Waals surface area contributed by atoms with Crippen molar-refractivity contribution in [3.8, 4) is 10.4 Å². The summed E-state index contributed by atoms with van der Waals surface area (Å²) >= 11 is 2.63. The van der Waals surface area contributed by atoms with Crippen LogP contribution in [0.1, 0.15) is 19.4 Å². The van der Waals surface area contributed by atoms with Gasteiger partial charge in [-0.25, -0.2) is 9.78 Å². The van der Waals surface area contributed by atoms with E-state index >= 15 is 0 Å². The normalized spacial score (nSPS) is 12.0. The van der Waals surface area contributed by atoms with Crippen LogP contribution in [-0.2, 0) is 11.3 Å². The number of nitrogens with one attached hydrogen (secondary N) is 2.